The standard InChI is InChI=1S/C19H19N5O3/c1-26-16-6-4-13-3-5-14(11-15(13)23-16)22-18(25)24-19(7-10-27-12-19)17-20-8-2-9-21-17/h2-6,8-9,11H,7,10,12H2,1H3,(H2,22,24,25). The molecule has 27 heavy (non-hydrogen) atoms. The van der Waals surface area contributed by atoms with Crippen LogP contribution in [-0.4, -0.2) is 41.3 Å². The number of carbonyl (C=O) groups is 1. The van der Waals surface area contributed by atoms with Crippen molar-refractivity contribution >= 4 is 22.6 Å². The zero-order valence-electron chi connectivity index (χ0n) is 14.8. The number of nitrogens with zero attached hydrogens (tertiary/aromatic N) is 3. The summed E-state index contributed by atoms with van der Waals surface area (Å²) in [6.07, 6.45) is 3.93. The second-order valence-electron chi connectivity index (χ2n) is 6.30. The third-order valence-electron chi connectivity index (χ3n) is 4.50. The number of ether oxygens (including phenoxy) is 2. The molecule has 3 aromatic rings. The molecule has 0 radical (unpaired) electrons. The van der Waals surface area contributed by atoms with Gasteiger partial charge in [-0.2, -0.15) is 0 Å². The van der Waals surface area contributed by atoms with Gasteiger partial charge in [0.1, 0.15) is 5.54 Å². The van der Waals surface area contributed by atoms with E-state index in [9.17, 15) is 4.79 Å². The van der Waals surface area contributed by atoms with Crippen LogP contribution in [0.1, 0.15) is 12.2 Å². The summed E-state index contributed by atoms with van der Waals surface area (Å²) in [5.74, 6) is 1.06. The molecule has 1 aliphatic heterocycles. The molecule has 8 heteroatoms. The van der Waals surface area contributed by atoms with E-state index in [4.69, 9.17) is 9.47 Å². The number of anilines is 1. The van der Waals surface area contributed by atoms with Crippen molar-refractivity contribution < 1.29 is 14.3 Å². The maximum atomic E-state index is 12.6. The quantitative estimate of drug-likeness (QED) is 0.737. The monoisotopic (exact) mass is 365 g/mol. The first kappa shape index (κ1) is 17.2. The summed E-state index contributed by atoms with van der Waals surface area (Å²) >= 11 is 0. The summed E-state index contributed by atoms with van der Waals surface area (Å²) in [6, 6.07) is 10.6. The first-order chi connectivity index (χ1) is 13.2. The second-order valence-corrected chi connectivity index (χ2v) is 6.30. The molecular formula is C19H19N5O3. The van der Waals surface area contributed by atoms with E-state index in [2.05, 4.69) is 25.6 Å². The van der Waals surface area contributed by atoms with Gasteiger partial charge < -0.3 is 20.1 Å². The number of pyridine rings is 1. The maximum absolute atomic E-state index is 12.6. The van der Waals surface area contributed by atoms with Crippen molar-refractivity contribution in [2.45, 2.75) is 12.0 Å². The van der Waals surface area contributed by atoms with Gasteiger partial charge >= 0.3 is 6.03 Å². The first-order valence-corrected chi connectivity index (χ1v) is 8.58. The van der Waals surface area contributed by atoms with Crippen molar-refractivity contribution in [3.05, 3.63) is 54.6 Å². The topological polar surface area (TPSA) is 98.3 Å². The molecule has 2 N–H and O–H groups in total. The fourth-order valence-corrected chi connectivity index (χ4v) is 3.11. The molecule has 1 saturated heterocycles. The van der Waals surface area contributed by atoms with Crippen LogP contribution in [0.4, 0.5) is 10.5 Å². The largest absolute Gasteiger partial charge is 0.481 e. The van der Waals surface area contributed by atoms with Gasteiger partial charge in [0.05, 0.1) is 19.2 Å². The van der Waals surface area contributed by atoms with E-state index in [0.717, 1.165) is 10.9 Å². The van der Waals surface area contributed by atoms with Crippen molar-refractivity contribution in [2.24, 2.45) is 0 Å². The van der Waals surface area contributed by atoms with Crippen LogP contribution in [-0.2, 0) is 10.3 Å². The Kier molecular flexibility index (Phi) is 4.55. The number of rotatable bonds is 4. The number of hydrogen-bond acceptors (Lipinski definition) is 6. The van der Waals surface area contributed by atoms with Gasteiger partial charge in [-0.15, -0.1) is 0 Å². The number of hydrogen-bond donors (Lipinski definition) is 2. The summed E-state index contributed by atoms with van der Waals surface area (Å²) < 4.78 is 10.7. The lowest BCUT2D eigenvalue weighted by Crippen LogP contribution is -2.49. The Labute approximate surface area is 156 Å². The predicted octanol–water partition coefficient (Wildman–Crippen LogP) is 2.47. The number of aromatic nitrogens is 3. The lowest BCUT2D eigenvalue weighted by atomic mass is 9.97. The van der Waals surface area contributed by atoms with Gasteiger partial charge in [0.2, 0.25) is 5.88 Å². The van der Waals surface area contributed by atoms with Crippen molar-refractivity contribution in [3.63, 3.8) is 0 Å². The van der Waals surface area contributed by atoms with E-state index in [0.29, 0.717) is 37.0 Å². The minimum atomic E-state index is -0.732. The summed E-state index contributed by atoms with van der Waals surface area (Å²) in [5, 5.41) is 6.79. The summed E-state index contributed by atoms with van der Waals surface area (Å²) in [5.41, 5.74) is 0.630. The van der Waals surface area contributed by atoms with Gasteiger partial charge in [-0.25, -0.2) is 19.7 Å². The number of carbonyl (C=O) groups excluding carboxylic acids is 1. The molecule has 1 aromatic carbocycles. The highest BCUT2D eigenvalue weighted by Crippen LogP contribution is 2.28. The predicted molar refractivity (Wildman–Crippen MR) is 99.6 cm³/mol. The Balaban J connectivity index is 1.54. The highest BCUT2D eigenvalue weighted by Gasteiger charge is 2.40. The molecule has 8 nitrogen and oxygen atoms in total. The van der Waals surface area contributed by atoms with Crippen LogP contribution in [0.3, 0.4) is 0 Å². The van der Waals surface area contributed by atoms with Crippen LogP contribution in [0.2, 0.25) is 0 Å². The molecule has 4 rings (SSSR count). The highest BCUT2D eigenvalue weighted by atomic mass is 16.5. The molecule has 0 aliphatic carbocycles. The molecule has 0 spiro atoms. The fraction of sp³-hybridized carbons (Fsp3) is 0.263. The van der Waals surface area contributed by atoms with E-state index >= 15 is 0 Å². The number of amides is 2. The third-order valence-corrected chi connectivity index (χ3v) is 4.50. The van der Waals surface area contributed by atoms with Crippen LogP contribution in [0.5, 0.6) is 5.88 Å². The summed E-state index contributed by atoms with van der Waals surface area (Å²) in [7, 11) is 1.57. The molecule has 1 atom stereocenters. The molecule has 138 valence electrons. The van der Waals surface area contributed by atoms with Crippen LogP contribution in [0.15, 0.2) is 48.8 Å². The zero-order chi connectivity index (χ0) is 18.7. The van der Waals surface area contributed by atoms with Gasteiger partial charge in [0, 0.05) is 42.6 Å². The molecule has 0 saturated carbocycles. The number of benzene rings is 1. The molecular weight excluding hydrogens is 346 g/mol. The van der Waals surface area contributed by atoms with Crippen molar-refractivity contribution in [2.75, 3.05) is 25.6 Å². The van der Waals surface area contributed by atoms with E-state index in [1.54, 1.807) is 37.7 Å². The maximum Gasteiger partial charge on any atom is 0.320 e. The van der Waals surface area contributed by atoms with Gasteiger partial charge in [-0.3, -0.25) is 0 Å². The van der Waals surface area contributed by atoms with Crippen LogP contribution >= 0.6 is 0 Å². The number of methoxy groups -OCH3 is 1. The third kappa shape index (κ3) is 3.52. The average molecular weight is 365 g/mol. The first-order valence-electron chi connectivity index (χ1n) is 8.58. The van der Waals surface area contributed by atoms with Gasteiger partial charge in [-0.05, 0) is 24.3 Å². The van der Waals surface area contributed by atoms with E-state index in [1.165, 1.54) is 0 Å². The number of fused-ring (bicyclic) bond motifs is 1. The van der Waals surface area contributed by atoms with Gasteiger partial charge in [0.15, 0.2) is 5.82 Å². The lowest BCUT2D eigenvalue weighted by Gasteiger charge is -2.27. The molecule has 3 heterocycles. The fourth-order valence-electron chi connectivity index (χ4n) is 3.11. The Hall–Kier alpha value is -3.26. The van der Waals surface area contributed by atoms with Crippen molar-refractivity contribution in [1.29, 1.82) is 0 Å². The molecule has 0 bridgehead atoms. The smallest absolute Gasteiger partial charge is 0.320 e. The Morgan fingerprint density at radius 1 is 1.22 bits per heavy atom. The SMILES string of the molecule is COc1ccc2ccc(NC(=O)NC3(c4ncccn4)CCOC3)cc2n1. The van der Waals surface area contributed by atoms with E-state index < -0.39 is 5.54 Å². The average Bonchev–Trinajstić information content (AvgIpc) is 3.17. The van der Waals surface area contributed by atoms with E-state index in [-0.39, 0.29) is 6.03 Å². The molecule has 2 amide bonds. The summed E-state index contributed by atoms with van der Waals surface area (Å²) in [4.78, 5) is 25.6. The number of urea groups is 1. The Morgan fingerprint density at radius 3 is 2.78 bits per heavy atom. The second kappa shape index (κ2) is 7.16. The van der Waals surface area contributed by atoms with Crippen molar-refractivity contribution in [3.8, 4) is 5.88 Å². The minimum absolute atomic E-state index is 0.334. The number of nitrogens with one attached hydrogen (secondary N) is 2. The molecule has 1 unspecified atom stereocenters. The van der Waals surface area contributed by atoms with Crippen LogP contribution < -0.4 is 15.4 Å². The lowest BCUT2D eigenvalue weighted by molar-refractivity contribution is 0.164. The zero-order valence-corrected chi connectivity index (χ0v) is 14.8. The normalized spacial score (nSPS) is 19.0. The van der Waals surface area contributed by atoms with Gasteiger partial charge in [-0.1, -0.05) is 6.07 Å². The van der Waals surface area contributed by atoms with Crippen LogP contribution in [0, 0.1) is 0 Å². The summed E-state index contributed by atoms with van der Waals surface area (Å²) in [6.45, 7) is 0.874. The molecule has 2 aromatic heterocycles. The Morgan fingerprint density at radius 2 is 2.04 bits per heavy atom. The molecule has 1 aliphatic rings. The van der Waals surface area contributed by atoms with Crippen LogP contribution in [0.25, 0.3) is 10.9 Å². The highest BCUT2D eigenvalue weighted by molar-refractivity contribution is 5.93. The van der Waals surface area contributed by atoms with Gasteiger partial charge in [0.25, 0.3) is 0 Å². The minimum Gasteiger partial charge on any atom is -0.481 e. The molecule has 1 fully saturated rings. The van der Waals surface area contributed by atoms with Crippen molar-refractivity contribution in [1.82, 2.24) is 20.3 Å². The van der Waals surface area contributed by atoms with E-state index in [1.807, 2.05) is 18.2 Å². The Bertz CT molecular complexity index is 958.